The fourth-order valence-corrected chi connectivity index (χ4v) is 0.764. The summed E-state index contributed by atoms with van der Waals surface area (Å²) in [7, 11) is 0. The lowest BCUT2D eigenvalue weighted by atomic mass is 10.1. The van der Waals surface area contributed by atoms with Gasteiger partial charge >= 0.3 is 12.2 Å². The predicted molar refractivity (Wildman–Crippen MR) is 56.1 cm³/mol. The van der Waals surface area contributed by atoms with E-state index < -0.39 is 17.7 Å². The monoisotopic (exact) mass is 240 g/mol. The van der Waals surface area contributed by atoms with Crippen molar-refractivity contribution in [3.63, 3.8) is 0 Å². The summed E-state index contributed by atoms with van der Waals surface area (Å²) in [5.74, 6) is 0.166. The molecule has 0 rings (SSSR count). The minimum absolute atomic E-state index is 0.166. The molecular weight excluding hydrogens is 221 g/mol. The van der Waals surface area contributed by atoms with Crippen molar-refractivity contribution in [3.8, 4) is 0 Å². The fourth-order valence-electron chi connectivity index (χ4n) is 0.764. The zero-order chi connectivity index (χ0) is 13.1. The van der Waals surface area contributed by atoms with Crippen LogP contribution < -0.4 is 10.6 Å². The number of carbonyl (C=O) groups excluding carboxylic acids is 1. The average molecular weight is 240 g/mol. The Morgan fingerprint density at radius 3 is 1.88 bits per heavy atom. The lowest BCUT2D eigenvalue weighted by Gasteiger charge is -2.30. The third kappa shape index (κ3) is 4.28. The molecule has 0 aromatic carbocycles. The Kier molecular flexibility index (Phi) is 4.64. The largest absolute Gasteiger partial charge is 0.411 e. The van der Waals surface area contributed by atoms with Gasteiger partial charge in [-0.3, -0.25) is 0 Å². The molecule has 0 saturated heterocycles. The van der Waals surface area contributed by atoms with E-state index in [9.17, 15) is 18.0 Å². The second-order valence-corrected chi connectivity index (χ2v) is 4.75. The zero-order valence-corrected chi connectivity index (χ0v) is 10.2. The van der Waals surface area contributed by atoms with Crippen molar-refractivity contribution in [2.75, 3.05) is 0 Å². The van der Waals surface area contributed by atoms with Gasteiger partial charge in [0.1, 0.15) is 5.54 Å². The van der Waals surface area contributed by atoms with Gasteiger partial charge < -0.3 is 10.6 Å². The Labute approximate surface area is 93.8 Å². The van der Waals surface area contributed by atoms with E-state index in [-0.39, 0.29) is 12.0 Å². The average Bonchev–Trinajstić information content (AvgIpc) is 1.99. The molecule has 0 aliphatic rings. The summed E-state index contributed by atoms with van der Waals surface area (Å²) in [5, 5.41) is 4.36. The number of alkyl halides is 3. The minimum atomic E-state index is -4.47. The Bertz CT molecular complexity index is 249. The maximum atomic E-state index is 12.4. The van der Waals surface area contributed by atoms with Gasteiger partial charge in [0.05, 0.1) is 0 Å². The molecule has 0 unspecified atom stereocenters. The van der Waals surface area contributed by atoms with Crippen LogP contribution in [0.2, 0.25) is 0 Å². The molecule has 0 fully saturated rings. The van der Waals surface area contributed by atoms with Gasteiger partial charge in [0.25, 0.3) is 0 Å². The van der Waals surface area contributed by atoms with Crippen molar-refractivity contribution in [1.82, 2.24) is 10.6 Å². The topological polar surface area (TPSA) is 41.1 Å². The molecule has 16 heavy (non-hydrogen) atoms. The summed E-state index contributed by atoms with van der Waals surface area (Å²) in [5.41, 5.74) is -2.23. The van der Waals surface area contributed by atoms with Crippen molar-refractivity contribution in [1.29, 1.82) is 0 Å². The van der Waals surface area contributed by atoms with E-state index in [1.54, 1.807) is 6.92 Å². The Balaban J connectivity index is 4.36. The van der Waals surface area contributed by atoms with Crippen LogP contribution in [0.1, 0.15) is 34.6 Å². The standard InChI is InChI=1S/C10H19F3N2O/c1-6(2)7(3)14-8(16)15-9(4,5)10(11,12)13/h6-7H,1-5H3,(H2,14,15,16)/t7-/m1/s1. The maximum Gasteiger partial charge on any atom is 0.411 e. The highest BCUT2D eigenvalue weighted by Gasteiger charge is 2.48. The molecule has 0 aliphatic heterocycles. The first kappa shape index (κ1) is 15.1. The summed E-state index contributed by atoms with van der Waals surface area (Å²) < 4.78 is 37.3. The predicted octanol–water partition coefficient (Wildman–Crippen LogP) is 2.67. The number of hydrogen-bond donors (Lipinski definition) is 2. The molecule has 6 heteroatoms. The highest BCUT2D eigenvalue weighted by atomic mass is 19.4. The second kappa shape index (κ2) is 4.93. The van der Waals surface area contributed by atoms with Gasteiger partial charge in [-0.1, -0.05) is 13.8 Å². The van der Waals surface area contributed by atoms with Crippen LogP contribution in [0, 0.1) is 5.92 Å². The van der Waals surface area contributed by atoms with Gasteiger partial charge in [-0.2, -0.15) is 13.2 Å². The van der Waals surface area contributed by atoms with Crippen LogP contribution in [0.3, 0.4) is 0 Å². The first-order chi connectivity index (χ1) is 6.97. The number of urea groups is 1. The highest BCUT2D eigenvalue weighted by molar-refractivity contribution is 5.75. The van der Waals surface area contributed by atoms with Crippen LogP contribution in [0.15, 0.2) is 0 Å². The summed E-state index contributed by atoms with van der Waals surface area (Å²) >= 11 is 0. The Morgan fingerprint density at radius 2 is 1.56 bits per heavy atom. The molecule has 0 saturated carbocycles. The van der Waals surface area contributed by atoms with E-state index in [2.05, 4.69) is 5.32 Å². The zero-order valence-electron chi connectivity index (χ0n) is 10.2. The third-order valence-electron chi connectivity index (χ3n) is 2.49. The van der Waals surface area contributed by atoms with Crippen LogP contribution >= 0.6 is 0 Å². The van der Waals surface area contributed by atoms with E-state index in [1.807, 2.05) is 19.2 Å². The van der Waals surface area contributed by atoms with E-state index in [4.69, 9.17) is 0 Å². The third-order valence-corrected chi connectivity index (χ3v) is 2.49. The molecule has 2 amide bonds. The van der Waals surface area contributed by atoms with Crippen LogP contribution in [-0.4, -0.2) is 23.8 Å². The molecule has 2 N–H and O–H groups in total. The summed E-state index contributed by atoms with van der Waals surface area (Å²) in [6.45, 7) is 7.34. The molecular formula is C10H19F3N2O. The Hall–Kier alpha value is -0.940. The van der Waals surface area contributed by atoms with E-state index in [0.717, 1.165) is 13.8 Å². The van der Waals surface area contributed by atoms with Gasteiger partial charge in [-0.25, -0.2) is 4.79 Å². The molecule has 0 bridgehead atoms. The van der Waals surface area contributed by atoms with Crippen molar-refractivity contribution >= 4 is 6.03 Å². The number of carbonyl (C=O) groups is 1. The summed E-state index contributed by atoms with van der Waals surface area (Å²) in [6, 6.07) is -0.979. The number of halogens is 3. The summed E-state index contributed by atoms with van der Waals surface area (Å²) in [6.07, 6.45) is -4.47. The molecule has 96 valence electrons. The van der Waals surface area contributed by atoms with Crippen molar-refractivity contribution in [3.05, 3.63) is 0 Å². The molecule has 0 radical (unpaired) electrons. The van der Waals surface area contributed by atoms with Gasteiger partial charge in [0.2, 0.25) is 0 Å². The minimum Gasteiger partial charge on any atom is -0.335 e. The van der Waals surface area contributed by atoms with E-state index in [0.29, 0.717) is 0 Å². The van der Waals surface area contributed by atoms with Crippen LogP contribution in [-0.2, 0) is 0 Å². The first-order valence-electron chi connectivity index (χ1n) is 5.13. The van der Waals surface area contributed by atoms with Crippen molar-refractivity contribution < 1.29 is 18.0 Å². The van der Waals surface area contributed by atoms with Gasteiger partial charge in [0, 0.05) is 6.04 Å². The van der Waals surface area contributed by atoms with E-state index >= 15 is 0 Å². The van der Waals surface area contributed by atoms with Crippen molar-refractivity contribution in [2.24, 2.45) is 5.92 Å². The molecule has 1 atom stereocenters. The Morgan fingerprint density at radius 1 is 1.12 bits per heavy atom. The van der Waals surface area contributed by atoms with Gasteiger partial charge in [-0.15, -0.1) is 0 Å². The van der Waals surface area contributed by atoms with Crippen molar-refractivity contribution in [2.45, 2.75) is 52.4 Å². The lowest BCUT2D eigenvalue weighted by molar-refractivity contribution is -0.182. The van der Waals surface area contributed by atoms with E-state index in [1.165, 1.54) is 0 Å². The molecule has 0 spiro atoms. The molecule has 0 aromatic rings. The second-order valence-electron chi connectivity index (χ2n) is 4.75. The maximum absolute atomic E-state index is 12.4. The van der Waals surface area contributed by atoms with Crippen LogP contribution in [0.5, 0.6) is 0 Å². The fraction of sp³-hybridized carbons (Fsp3) is 0.900. The van der Waals surface area contributed by atoms with Crippen LogP contribution in [0.25, 0.3) is 0 Å². The molecule has 3 nitrogen and oxygen atoms in total. The van der Waals surface area contributed by atoms with Crippen LogP contribution in [0.4, 0.5) is 18.0 Å². The normalized spacial score (nSPS) is 14.8. The first-order valence-corrected chi connectivity index (χ1v) is 5.13. The molecule has 0 aromatic heterocycles. The smallest absolute Gasteiger partial charge is 0.335 e. The number of nitrogens with one attached hydrogen (secondary N) is 2. The highest BCUT2D eigenvalue weighted by Crippen LogP contribution is 2.29. The quantitative estimate of drug-likeness (QED) is 0.782. The number of amides is 2. The van der Waals surface area contributed by atoms with Gasteiger partial charge in [-0.05, 0) is 26.7 Å². The van der Waals surface area contributed by atoms with Gasteiger partial charge in [0.15, 0.2) is 0 Å². The molecule has 0 aliphatic carbocycles. The molecule has 0 heterocycles. The number of hydrogen-bond acceptors (Lipinski definition) is 1. The lowest BCUT2D eigenvalue weighted by Crippen LogP contribution is -2.58. The SMILES string of the molecule is CC(C)[C@@H](C)NC(=O)NC(C)(C)C(F)(F)F. The summed E-state index contributed by atoms with van der Waals surface area (Å²) in [4.78, 5) is 11.3. The number of rotatable bonds is 3.